The number of amides is 1. The number of hydrogen-bond acceptors (Lipinski definition) is 2. The van der Waals surface area contributed by atoms with Crippen LogP contribution >= 0.6 is 0 Å². The lowest BCUT2D eigenvalue weighted by Crippen LogP contribution is -2.49. The summed E-state index contributed by atoms with van der Waals surface area (Å²) in [5.74, 6) is 0.976. The molecule has 2 aliphatic heterocycles. The SMILES string of the molecule is O=C1CCC[C@@H]2CCNC[C@H]2N1. The van der Waals surface area contributed by atoms with Gasteiger partial charge >= 0.3 is 0 Å². The monoisotopic (exact) mass is 168 g/mol. The van der Waals surface area contributed by atoms with E-state index in [9.17, 15) is 4.79 Å². The highest BCUT2D eigenvalue weighted by Gasteiger charge is 2.28. The van der Waals surface area contributed by atoms with Crippen LogP contribution in [0, 0.1) is 5.92 Å². The van der Waals surface area contributed by atoms with Crippen LogP contribution in [0.1, 0.15) is 25.7 Å². The maximum absolute atomic E-state index is 11.2. The largest absolute Gasteiger partial charge is 0.352 e. The Hall–Kier alpha value is -0.570. The first-order chi connectivity index (χ1) is 5.86. The van der Waals surface area contributed by atoms with Gasteiger partial charge in [0.1, 0.15) is 0 Å². The summed E-state index contributed by atoms with van der Waals surface area (Å²) in [6.07, 6.45) is 4.26. The average molecular weight is 168 g/mol. The minimum absolute atomic E-state index is 0.242. The van der Waals surface area contributed by atoms with Crippen molar-refractivity contribution in [3.05, 3.63) is 0 Å². The quantitative estimate of drug-likeness (QED) is 0.545. The van der Waals surface area contributed by atoms with Gasteiger partial charge in [0.2, 0.25) is 5.91 Å². The minimum atomic E-state index is 0.242. The maximum atomic E-state index is 11.2. The average Bonchev–Trinajstić information content (AvgIpc) is 2.25. The fourth-order valence-corrected chi connectivity index (χ4v) is 2.23. The third-order valence-electron chi connectivity index (χ3n) is 2.95. The molecule has 0 radical (unpaired) electrons. The van der Waals surface area contributed by atoms with Crippen molar-refractivity contribution in [3.63, 3.8) is 0 Å². The highest BCUT2D eigenvalue weighted by Crippen LogP contribution is 2.22. The van der Waals surface area contributed by atoms with Crippen LogP contribution in [0.25, 0.3) is 0 Å². The zero-order valence-electron chi connectivity index (χ0n) is 7.31. The lowest BCUT2D eigenvalue weighted by atomic mass is 9.89. The number of fused-ring (bicyclic) bond motifs is 1. The zero-order valence-corrected chi connectivity index (χ0v) is 7.31. The molecular formula is C9H16N2O. The molecule has 2 saturated heterocycles. The van der Waals surface area contributed by atoms with E-state index < -0.39 is 0 Å². The molecule has 0 aromatic carbocycles. The van der Waals surface area contributed by atoms with Crippen molar-refractivity contribution < 1.29 is 4.79 Å². The van der Waals surface area contributed by atoms with Crippen molar-refractivity contribution in [1.29, 1.82) is 0 Å². The number of piperidine rings is 1. The molecule has 2 heterocycles. The van der Waals surface area contributed by atoms with Crippen LogP contribution in [0.3, 0.4) is 0 Å². The Bertz CT molecular complexity index is 181. The molecule has 0 aromatic rings. The van der Waals surface area contributed by atoms with E-state index in [4.69, 9.17) is 0 Å². The molecule has 0 spiro atoms. The highest BCUT2D eigenvalue weighted by molar-refractivity contribution is 5.76. The second kappa shape index (κ2) is 3.44. The summed E-state index contributed by atoms with van der Waals surface area (Å²) >= 11 is 0. The van der Waals surface area contributed by atoms with Gasteiger partial charge in [0.25, 0.3) is 0 Å². The third kappa shape index (κ3) is 1.61. The summed E-state index contributed by atoms with van der Waals surface area (Å²) in [5.41, 5.74) is 0. The normalized spacial score (nSPS) is 36.5. The Labute approximate surface area is 72.9 Å². The van der Waals surface area contributed by atoms with Crippen LogP contribution in [0.5, 0.6) is 0 Å². The molecule has 0 bridgehead atoms. The summed E-state index contributed by atoms with van der Waals surface area (Å²) in [6, 6.07) is 0.411. The topological polar surface area (TPSA) is 41.1 Å². The zero-order chi connectivity index (χ0) is 8.39. The van der Waals surface area contributed by atoms with Crippen LogP contribution in [0.2, 0.25) is 0 Å². The van der Waals surface area contributed by atoms with Crippen LogP contribution in [-0.4, -0.2) is 25.0 Å². The second-order valence-corrected chi connectivity index (χ2v) is 3.82. The van der Waals surface area contributed by atoms with Crippen LogP contribution in [0.15, 0.2) is 0 Å². The number of hydrogen-bond donors (Lipinski definition) is 2. The van der Waals surface area contributed by atoms with Gasteiger partial charge in [-0.2, -0.15) is 0 Å². The van der Waals surface area contributed by atoms with Crippen molar-refractivity contribution in [1.82, 2.24) is 10.6 Å². The van der Waals surface area contributed by atoms with Gasteiger partial charge in [0, 0.05) is 19.0 Å². The van der Waals surface area contributed by atoms with E-state index in [0.717, 1.165) is 31.8 Å². The number of rotatable bonds is 0. The predicted octanol–water partition coefficient (Wildman–Crippen LogP) is 0.265. The van der Waals surface area contributed by atoms with Crippen molar-refractivity contribution in [2.24, 2.45) is 5.92 Å². The Kier molecular flexibility index (Phi) is 2.30. The van der Waals surface area contributed by atoms with E-state index >= 15 is 0 Å². The first-order valence-corrected chi connectivity index (χ1v) is 4.86. The lowest BCUT2D eigenvalue weighted by Gasteiger charge is -2.30. The van der Waals surface area contributed by atoms with Crippen LogP contribution < -0.4 is 10.6 Å². The van der Waals surface area contributed by atoms with Gasteiger partial charge in [-0.05, 0) is 31.7 Å². The Morgan fingerprint density at radius 2 is 2.25 bits per heavy atom. The summed E-state index contributed by atoms with van der Waals surface area (Å²) in [5, 5.41) is 6.40. The molecule has 68 valence electrons. The highest BCUT2D eigenvalue weighted by atomic mass is 16.1. The van der Waals surface area contributed by atoms with Gasteiger partial charge in [-0.25, -0.2) is 0 Å². The molecule has 0 unspecified atom stereocenters. The van der Waals surface area contributed by atoms with E-state index in [1.54, 1.807) is 0 Å². The number of carbonyl (C=O) groups is 1. The lowest BCUT2D eigenvalue weighted by molar-refractivity contribution is -0.121. The predicted molar refractivity (Wildman–Crippen MR) is 46.8 cm³/mol. The first-order valence-electron chi connectivity index (χ1n) is 4.86. The van der Waals surface area contributed by atoms with E-state index in [2.05, 4.69) is 10.6 Å². The molecule has 2 N–H and O–H groups in total. The minimum Gasteiger partial charge on any atom is -0.352 e. The van der Waals surface area contributed by atoms with E-state index in [0.29, 0.717) is 6.04 Å². The molecule has 3 heteroatoms. The molecule has 0 aromatic heterocycles. The maximum Gasteiger partial charge on any atom is 0.220 e. The molecular weight excluding hydrogens is 152 g/mol. The van der Waals surface area contributed by atoms with Gasteiger partial charge in [-0.15, -0.1) is 0 Å². The molecule has 12 heavy (non-hydrogen) atoms. The summed E-state index contributed by atoms with van der Waals surface area (Å²) in [7, 11) is 0. The summed E-state index contributed by atoms with van der Waals surface area (Å²) < 4.78 is 0. The molecule has 0 saturated carbocycles. The molecule has 2 fully saturated rings. The molecule has 1 amide bonds. The van der Waals surface area contributed by atoms with E-state index in [1.807, 2.05) is 0 Å². The van der Waals surface area contributed by atoms with Gasteiger partial charge in [-0.1, -0.05) is 0 Å². The van der Waals surface area contributed by atoms with Gasteiger partial charge in [0.05, 0.1) is 0 Å². The number of nitrogens with one attached hydrogen (secondary N) is 2. The molecule has 0 aliphatic carbocycles. The van der Waals surface area contributed by atoms with Gasteiger partial charge < -0.3 is 10.6 Å². The van der Waals surface area contributed by atoms with Gasteiger partial charge in [0.15, 0.2) is 0 Å². The van der Waals surface area contributed by atoms with Crippen molar-refractivity contribution >= 4 is 5.91 Å². The Morgan fingerprint density at radius 3 is 3.17 bits per heavy atom. The summed E-state index contributed by atoms with van der Waals surface area (Å²) in [6.45, 7) is 2.09. The van der Waals surface area contributed by atoms with Crippen LogP contribution in [0.4, 0.5) is 0 Å². The van der Waals surface area contributed by atoms with E-state index in [1.165, 1.54) is 12.8 Å². The first kappa shape index (κ1) is 8.05. The Balaban J connectivity index is 2.01. The Morgan fingerprint density at radius 1 is 1.33 bits per heavy atom. The number of carbonyl (C=O) groups excluding carboxylic acids is 1. The summed E-state index contributed by atoms with van der Waals surface area (Å²) in [4.78, 5) is 11.2. The van der Waals surface area contributed by atoms with Crippen molar-refractivity contribution in [2.75, 3.05) is 13.1 Å². The van der Waals surface area contributed by atoms with Gasteiger partial charge in [-0.3, -0.25) is 4.79 Å². The molecule has 2 rings (SSSR count). The standard InChI is InChI=1S/C9H16N2O/c12-9-3-1-2-7-4-5-10-6-8(7)11-9/h7-8,10H,1-6H2,(H,11,12)/t7-,8-/m1/s1. The smallest absolute Gasteiger partial charge is 0.220 e. The molecule has 3 nitrogen and oxygen atoms in total. The third-order valence-corrected chi connectivity index (χ3v) is 2.95. The molecule has 2 aliphatic rings. The fourth-order valence-electron chi connectivity index (χ4n) is 2.23. The van der Waals surface area contributed by atoms with Crippen molar-refractivity contribution in [2.45, 2.75) is 31.7 Å². The second-order valence-electron chi connectivity index (χ2n) is 3.82. The van der Waals surface area contributed by atoms with E-state index in [-0.39, 0.29) is 5.91 Å². The van der Waals surface area contributed by atoms with Crippen LogP contribution in [-0.2, 0) is 4.79 Å². The van der Waals surface area contributed by atoms with Crippen molar-refractivity contribution in [3.8, 4) is 0 Å². The molecule has 2 atom stereocenters. The fraction of sp³-hybridized carbons (Fsp3) is 0.889.